The van der Waals surface area contributed by atoms with Gasteiger partial charge >= 0.3 is 0 Å². The maximum absolute atomic E-state index is 8.27. The van der Waals surface area contributed by atoms with Crippen LogP contribution in [0.15, 0.2) is 78.6 Å². The number of hydrogen-bond acceptors (Lipinski definition) is 1. The summed E-state index contributed by atoms with van der Waals surface area (Å²) < 4.78 is 104. The smallest absolute Gasteiger partial charge is 0.0630 e. The minimum absolute atomic E-state index is 0.454. The number of nitrogens with two attached hydrogens (primary N) is 1. The maximum atomic E-state index is 8.27. The number of rotatable bonds is 2. The van der Waals surface area contributed by atoms with E-state index in [4.69, 9.17) is 23.6 Å². The average molecular weight is 258 g/mol. The summed E-state index contributed by atoms with van der Waals surface area (Å²) in [6.07, 6.45) is 0. The fourth-order valence-corrected chi connectivity index (χ4v) is 1.56. The predicted octanol–water partition coefficient (Wildman–Crippen LogP) is 4.60. The second-order valence-corrected chi connectivity index (χ2v) is 3.54. The van der Waals surface area contributed by atoms with E-state index in [-0.39, 0.29) is 0 Å². The summed E-state index contributed by atoms with van der Waals surface area (Å²) in [5, 5.41) is 0. The molecule has 0 atom stereocenters. The van der Waals surface area contributed by atoms with Gasteiger partial charge in [-0.3, -0.25) is 0 Å². The van der Waals surface area contributed by atoms with Crippen molar-refractivity contribution in [1.29, 1.82) is 0 Å². The lowest BCUT2D eigenvalue weighted by Crippen LogP contribution is -1.93. The number of hydrogen-bond donors (Lipinski definition) is 1. The summed E-state index contributed by atoms with van der Waals surface area (Å²) in [4.78, 5) is 0. The van der Waals surface area contributed by atoms with Crippen LogP contribution in [0.5, 0.6) is 0 Å². The first-order valence-electron chi connectivity index (χ1n) is 11.8. The van der Waals surface area contributed by atoms with Gasteiger partial charge in [-0.2, -0.15) is 0 Å². The molecule has 0 aliphatic carbocycles. The average Bonchev–Trinajstić information content (AvgIpc) is 2.76. The van der Waals surface area contributed by atoms with Gasteiger partial charge in [-0.15, -0.1) is 0 Å². The predicted molar refractivity (Wildman–Crippen MR) is 81.7 cm³/mol. The molecular weight excluding hydrogens is 230 g/mol. The van der Waals surface area contributed by atoms with E-state index in [9.17, 15) is 0 Å². The first-order valence-corrected chi connectivity index (χ1v) is 5.29. The van der Waals surface area contributed by atoms with E-state index in [0.29, 0.717) is 0 Å². The molecule has 2 N–H and O–H groups in total. The van der Waals surface area contributed by atoms with Crippen molar-refractivity contribution < 1.29 is 17.8 Å². The van der Waals surface area contributed by atoms with Gasteiger partial charge in [0.25, 0.3) is 0 Å². The Bertz CT molecular complexity index is 1160. The summed E-state index contributed by atoms with van der Waals surface area (Å²) in [5.41, 5.74) is 3.79. The van der Waals surface area contributed by atoms with Crippen LogP contribution in [0.1, 0.15) is 17.8 Å². The van der Waals surface area contributed by atoms with Crippen molar-refractivity contribution >= 4 is 5.69 Å². The minimum Gasteiger partial charge on any atom is -0.398 e. The highest BCUT2D eigenvalue weighted by Crippen LogP contribution is 2.34. The van der Waals surface area contributed by atoms with Gasteiger partial charge in [-0.05, 0) is 11.1 Å². The van der Waals surface area contributed by atoms with E-state index >= 15 is 0 Å². The Labute approximate surface area is 131 Å². The van der Waals surface area contributed by atoms with Gasteiger partial charge in [-0.25, -0.2) is 0 Å². The highest BCUT2D eigenvalue weighted by molar-refractivity contribution is 5.88. The van der Waals surface area contributed by atoms with Gasteiger partial charge in [0.15, 0.2) is 0 Å². The molecule has 0 saturated heterocycles. The van der Waals surface area contributed by atoms with Gasteiger partial charge < -0.3 is 5.73 Å². The molecule has 0 spiro atoms. The highest BCUT2D eigenvalue weighted by atomic mass is 14.6. The van der Waals surface area contributed by atoms with Gasteiger partial charge in [0.1, 0.15) is 0 Å². The van der Waals surface area contributed by atoms with E-state index in [1.165, 1.54) is 0 Å². The molecule has 0 fully saturated rings. The van der Waals surface area contributed by atoms with Crippen molar-refractivity contribution in [3.8, 4) is 22.3 Å². The molecule has 3 rings (SSSR count). The third kappa shape index (κ3) is 2.23. The molecule has 1 heteroatoms. The fourth-order valence-electron chi connectivity index (χ4n) is 1.56. The second kappa shape index (κ2) is 4.99. The molecule has 3 aromatic carbocycles. The molecule has 0 unspecified atom stereocenters. The van der Waals surface area contributed by atoms with Crippen molar-refractivity contribution in [3.05, 3.63) is 78.6 Å². The molecule has 0 aromatic heterocycles. The third-order valence-corrected chi connectivity index (χ3v) is 2.41. The Morgan fingerprint density at radius 2 is 1.00 bits per heavy atom. The number of benzene rings is 3. The standard InChI is InChI=1S/C18H15N/c19-18-16(14-8-3-1-4-9-14)12-7-13-17(18)15-10-5-2-6-11-15/h1-13H,19H2/i1D,2D,3D,4D,5D,6D,7D,8D,9D,10D,11D,12D,13D. The van der Waals surface area contributed by atoms with Crippen LogP contribution in [0.25, 0.3) is 22.3 Å². The zero-order valence-corrected chi connectivity index (χ0v) is 9.58. The monoisotopic (exact) mass is 258 g/mol. The zero-order valence-electron chi connectivity index (χ0n) is 22.6. The van der Waals surface area contributed by atoms with E-state index in [1.54, 1.807) is 0 Å². The van der Waals surface area contributed by atoms with E-state index in [1.807, 2.05) is 0 Å². The molecule has 0 aliphatic heterocycles. The molecule has 0 radical (unpaired) electrons. The highest BCUT2D eigenvalue weighted by Gasteiger charge is 2.07. The molecule has 19 heavy (non-hydrogen) atoms. The van der Waals surface area contributed by atoms with Gasteiger partial charge in [0, 0.05) is 16.8 Å². The molecule has 3 aromatic rings. The van der Waals surface area contributed by atoms with E-state index in [0.717, 1.165) is 0 Å². The van der Waals surface area contributed by atoms with Crippen molar-refractivity contribution in [3.63, 3.8) is 0 Å². The van der Waals surface area contributed by atoms with Gasteiger partial charge in [0.05, 0.1) is 17.8 Å². The molecule has 0 bridgehead atoms. The lowest BCUT2D eigenvalue weighted by molar-refractivity contribution is 1.58. The van der Waals surface area contributed by atoms with Crippen LogP contribution in [-0.4, -0.2) is 0 Å². The zero-order chi connectivity index (χ0) is 24.4. The van der Waals surface area contributed by atoms with Crippen molar-refractivity contribution in [2.75, 3.05) is 5.73 Å². The van der Waals surface area contributed by atoms with E-state index < -0.39 is 106 Å². The van der Waals surface area contributed by atoms with Crippen LogP contribution >= 0.6 is 0 Å². The first kappa shape index (κ1) is 3.97. The Morgan fingerprint density at radius 3 is 1.42 bits per heavy atom. The molecule has 92 valence electrons. The number of anilines is 1. The Hall–Kier alpha value is -2.54. The Balaban J connectivity index is 2.59. The molecule has 0 aliphatic rings. The SMILES string of the molecule is [2H]c1c([2H])c([2H])c(-c2c([2H])c([2H])c([2H])c(-c3c([2H])c([2H])c([2H])c([2H])c3[2H])c2N)c([2H])c1[2H]. The first-order chi connectivity index (χ1) is 14.7. The second-order valence-electron chi connectivity index (χ2n) is 3.54. The van der Waals surface area contributed by atoms with E-state index in [2.05, 4.69) is 0 Å². The number of para-hydroxylation sites is 1. The fraction of sp³-hybridized carbons (Fsp3) is 0. The summed E-state index contributed by atoms with van der Waals surface area (Å²) in [6.45, 7) is 0. The summed E-state index contributed by atoms with van der Waals surface area (Å²) in [5.74, 6) is 0. The normalized spacial score (nSPS) is 19.9. The third-order valence-electron chi connectivity index (χ3n) is 2.41. The minimum atomic E-state index is -0.747. The van der Waals surface area contributed by atoms with Gasteiger partial charge in [-0.1, -0.05) is 78.6 Å². The van der Waals surface area contributed by atoms with Crippen molar-refractivity contribution in [2.24, 2.45) is 0 Å². The molecule has 0 amide bonds. The largest absolute Gasteiger partial charge is 0.398 e. The van der Waals surface area contributed by atoms with Gasteiger partial charge in [0.2, 0.25) is 0 Å². The van der Waals surface area contributed by atoms with Crippen molar-refractivity contribution in [1.82, 2.24) is 0 Å². The van der Waals surface area contributed by atoms with Crippen LogP contribution in [0.4, 0.5) is 5.69 Å². The molecule has 0 heterocycles. The van der Waals surface area contributed by atoms with Crippen LogP contribution in [0.2, 0.25) is 0 Å². The molecular formula is C18H15N. The lowest BCUT2D eigenvalue weighted by atomic mass is 9.96. The van der Waals surface area contributed by atoms with Crippen LogP contribution < -0.4 is 5.73 Å². The quantitative estimate of drug-likeness (QED) is 0.668. The van der Waals surface area contributed by atoms with Crippen molar-refractivity contribution in [2.45, 2.75) is 0 Å². The molecule has 0 saturated carbocycles. The summed E-state index contributed by atoms with van der Waals surface area (Å²) in [7, 11) is 0. The number of nitrogen functional groups attached to an aromatic ring is 1. The maximum Gasteiger partial charge on any atom is 0.0630 e. The van der Waals surface area contributed by atoms with Crippen LogP contribution in [0, 0.1) is 0 Å². The topological polar surface area (TPSA) is 26.0 Å². The lowest BCUT2D eigenvalue weighted by Gasteiger charge is -2.11. The Kier molecular flexibility index (Phi) is 1.04. The summed E-state index contributed by atoms with van der Waals surface area (Å²) in [6, 6.07) is -9.08. The van der Waals surface area contributed by atoms with Crippen LogP contribution in [-0.2, 0) is 0 Å². The van der Waals surface area contributed by atoms with Crippen LogP contribution in [0.3, 0.4) is 0 Å². The Morgan fingerprint density at radius 1 is 0.579 bits per heavy atom. The molecule has 1 nitrogen and oxygen atoms in total. The summed E-state index contributed by atoms with van der Waals surface area (Å²) >= 11 is 0.